The standard InChI is InChI=1S/C10H10FNO.C2H4/c1-3-10(13)12(2)9-6-4-8(11)5-7-9;1-2/h3-7H,1H2,2H3;1-2H2. The fourth-order valence-electron chi connectivity index (χ4n) is 0.929. The fourth-order valence-corrected chi connectivity index (χ4v) is 0.929. The molecular weight excluding hydrogens is 193 g/mol. The summed E-state index contributed by atoms with van der Waals surface area (Å²) in [6, 6.07) is 5.69. The number of hydrogen-bond acceptors (Lipinski definition) is 1. The molecule has 0 spiro atoms. The van der Waals surface area contributed by atoms with Crippen molar-refractivity contribution in [2.24, 2.45) is 0 Å². The Kier molecular flexibility index (Phi) is 5.71. The smallest absolute Gasteiger partial charge is 0.250 e. The number of halogens is 1. The lowest BCUT2D eigenvalue weighted by atomic mass is 10.3. The summed E-state index contributed by atoms with van der Waals surface area (Å²) in [5.74, 6) is -0.533. The molecular formula is C12H14FNO. The van der Waals surface area contributed by atoms with Crippen LogP contribution < -0.4 is 4.90 Å². The minimum absolute atomic E-state index is 0.216. The van der Waals surface area contributed by atoms with Crippen molar-refractivity contribution in [1.29, 1.82) is 0 Å². The van der Waals surface area contributed by atoms with Gasteiger partial charge in [-0.05, 0) is 30.3 Å². The SMILES string of the molecule is C=C.C=CC(=O)N(C)c1ccc(F)cc1. The molecule has 15 heavy (non-hydrogen) atoms. The molecule has 0 aliphatic rings. The lowest BCUT2D eigenvalue weighted by Crippen LogP contribution is -2.23. The number of carbonyl (C=O) groups is 1. The van der Waals surface area contributed by atoms with Crippen LogP contribution in [0.2, 0.25) is 0 Å². The van der Waals surface area contributed by atoms with Gasteiger partial charge < -0.3 is 4.90 Å². The third-order valence-corrected chi connectivity index (χ3v) is 1.72. The molecule has 0 unspecified atom stereocenters. The maximum atomic E-state index is 12.5. The maximum Gasteiger partial charge on any atom is 0.250 e. The summed E-state index contributed by atoms with van der Waals surface area (Å²) in [7, 11) is 1.61. The number of rotatable bonds is 2. The molecule has 0 saturated carbocycles. The average molecular weight is 207 g/mol. The lowest BCUT2D eigenvalue weighted by Gasteiger charge is -2.14. The van der Waals surface area contributed by atoms with Crippen LogP contribution in [0.15, 0.2) is 50.1 Å². The second kappa shape index (κ2) is 6.54. The molecule has 0 saturated heterocycles. The van der Waals surface area contributed by atoms with E-state index in [4.69, 9.17) is 0 Å². The van der Waals surface area contributed by atoms with Crippen molar-refractivity contribution in [3.63, 3.8) is 0 Å². The summed E-state index contributed by atoms with van der Waals surface area (Å²) in [6.45, 7) is 9.36. The minimum Gasteiger partial charge on any atom is -0.312 e. The zero-order chi connectivity index (χ0) is 11.8. The third-order valence-electron chi connectivity index (χ3n) is 1.72. The quantitative estimate of drug-likeness (QED) is 0.539. The van der Waals surface area contributed by atoms with Crippen LogP contribution >= 0.6 is 0 Å². The Balaban J connectivity index is 0.000000921. The number of nitrogens with zero attached hydrogens (tertiary/aromatic N) is 1. The Bertz CT molecular complexity index is 332. The first-order valence-corrected chi connectivity index (χ1v) is 4.31. The molecule has 80 valence electrons. The molecule has 0 radical (unpaired) electrons. The highest BCUT2D eigenvalue weighted by Crippen LogP contribution is 2.12. The average Bonchev–Trinajstić information content (AvgIpc) is 2.31. The molecule has 0 fully saturated rings. The second-order valence-electron chi connectivity index (χ2n) is 2.58. The first-order valence-electron chi connectivity index (χ1n) is 4.31. The van der Waals surface area contributed by atoms with Crippen LogP contribution in [0.25, 0.3) is 0 Å². The van der Waals surface area contributed by atoms with Crippen LogP contribution in [0.5, 0.6) is 0 Å². The molecule has 1 amide bonds. The van der Waals surface area contributed by atoms with Gasteiger partial charge in [0, 0.05) is 12.7 Å². The van der Waals surface area contributed by atoms with Crippen LogP contribution in [0, 0.1) is 5.82 Å². The van der Waals surface area contributed by atoms with Crippen molar-refractivity contribution in [3.05, 3.63) is 55.9 Å². The number of benzene rings is 1. The van der Waals surface area contributed by atoms with Gasteiger partial charge >= 0.3 is 0 Å². The lowest BCUT2D eigenvalue weighted by molar-refractivity contribution is -0.113. The van der Waals surface area contributed by atoms with Crippen molar-refractivity contribution in [2.75, 3.05) is 11.9 Å². The van der Waals surface area contributed by atoms with Crippen LogP contribution in [0.4, 0.5) is 10.1 Å². The van der Waals surface area contributed by atoms with Gasteiger partial charge in [0.15, 0.2) is 0 Å². The highest BCUT2D eigenvalue weighted by Gasteiger charge is 2.05. The summed E-state index contributed by atoms with van der Waals surface area (Å²) >= 11 is 0. The Morgan fingerprint density at radius 2 is 1.80 bits per heavy atom. The summed E-state index contributed by atoms with van der Waals surface area (Å²) in [5.41, 5.74) is 0.645. The summed E-state index contributed by atoms with van der Waals surface area (Å²) in [4.78, 5) is 12.5. The molecule has 3 heteroatoms. The summed E-state index contributed by atoms with van der Waals surface area (Å²) < 4.78 is 12.5. The van der Waals surface area contributed by atoms with Gasteiger partial charge in [0.2, 0.25) is 5.91 Å². The van der Waals surface area contributed by atoms with Gasteiger partial charge in [-0.25, -0.2) is 4.39 Å². The van der Waals surface area contributed by atoms with Crippen LogP contribution in [-0.2, 0) is 4.79 Å². The topological polar surface area (TPSA) is 20.3 Å². The third kappa shape index (κ3) is 3.77. The van der Waals surface area contributed by atoms with Gasteiger partial charge in [0.1, 0.15) is 5.82 Å². The molecule has 1 rings (SSSR count). The van der Waals surface area contributed by atoms with Crippen LogP contribution in [0.1, 0.15) is 0 Å². The number of carbonyl (C=O) groups excluding carboxylic acids is 1. The number of hydrogen-bond donors (Lipinski definition) is 0. The Morgan fingerprint density at radius 1 is 1.33 bits per heavy atom. The first-order chi connectivity index (χ1) is 7.15. The summed E-state index contributed by atoms with van der Waals surface area (Å²) in [5, 5.41) is 0. The monoisotopic (exact) mass is 207 g/mol. The molecule has 0 aromatic heterocycles. The zero-order valence-corrected chi connectivity index (χ0v) is 8.74. The molecule has 1 aromatic rings. The van der Waals surface area contributed by atoms with Gasteiger partial charge in [-0.15, -0.1) is 13.2 Å². The molecule has 0 aliphatic heterocycles. The molecule has 0 aliphatic carbocycles. The molecule has 2 nitrogen and oxygen atoms in total. The van der Waals surface area contributed by atoms with E-state index >= 15 is 0 Å². The van der Waals surface area contributed by atoms with E-state index in [-0.39, 0.29) is 11.7 Å². The zero-order valence-electron chi connectivity index (χ0n) is 8.74. The van der Waals surface area contributed by atoms with E-state index in [1.165, 1.54) is 35.2 Å². The highest BCUT2D eigenvalue weighted by molar-refractivity contribution is 6.00. The Hall–Kier alpha value is -1.90. The van der Waals surface area contributed by atoms with Crippen molar-refractivity contribution >= 4 is 11.6 Å². The van der Waals surface area contributed by atoms with E-state index in [2.05, 4.69) is 19.7 Å². The minimum atomic E-state index is -0.316. The van der Waals surface area contributed by atoms with Gasteiger partial charge in [0.05, 0.1) is 0 Å². The van der Waals surface area contributed by atoms with E-state index in [0.717, 1.165) is 0 Å². The van der Waals surface area contributed by atoms with Crippen molar-refractivity contribution in [1.82, 2.24) is 0 Å². The van der Waals surface area contributed by atoms with E-state index in [1.54, 1.807) is 7.05 Å². The largest absolute Gasteiger partial charge is 0.312 e. The summed E-state index contributed by atoms with van der Waals surface area (Å²) in [6.07, 6.45) is 1.21. The van der Waals surface area contributed by atoms with Gasteiger partial charge in [-0.2, -0.15) is 0 Å². The van der Waals surface area contributed by atoms with Gasteiger partial charge in [0.25, 0.3) is 0 Å². The van der Waals surface area contributed by atoms with Crippen LogP contribution in [-0.4, -0.2) is 13.0 Å². The number of likely N-dealkylation sites (N-methyl/N-ethyl adjacent to an activating group) is 1. The molecule has 0 heterocycles. The first kappa shape index (κ1) is 13.1. The van der Waals surface area contributed by atoms with Crippen molar-refractivity contribution in [3.8, 4) is 0 Å². The van der Waals surface area contributed by atoms with Crippen molar-refractivity contribution in [2.45, 2.75) is 0 Å². The van der Waals surface area contributed by atoms with E-state index < -0.39 is 0 Å². The predicted molar refractivity (Wildman–Crippen MR) is 61.3 cm³/mol. The number of anilines is 1. The fraction of sp³-hybridized carbons (Fsp3) is 0.0833. The van der Waals surface area contributed by atoms with E-state index in [9.17, 15) is 9.18 Å². The van der Waals surface area contributed by atoms with Gasteiger partial charge in [-0.1, -0.05) is 6.58 Å². The normalized spacial score (nSPS) is 8.40. The van der Waals surface area contributed by atoms with E-state index in [0.29, 0.717) is 5.69 Å². The molecule has 0 atom stereocenters. The number of amides is 1. The van der Waals surface area contributed by atoms with Gasteiger partial charge in [-0.3, -0.25) is 4.79 Å². The van der Waals surface area contributed by atoms with Crippen molar-refractivity contribution < 1.29 is 9.18 Å². The highest BCUT2D eigenvalue weighted by atomic mass is 19.1. The Labute approximate surface area is 89.3 Å². The molecule has 0 N–H and O–H groups in total. The maximum absolute atomic E-state index is 12.5. The Morgan fingerprint density at radius 3 is 2.20 bits per heavy atom. The van der Waals surface area contributed by atoms with E-state index in [1.807, 2.05) is 0 Å². The molecule has 1 aromatic carbocycles. The van der Waals surface area contributed by atoms with Crippen LogP contribution in [0.3, 0.4) is 0 Å². The predicted octanol–water partition coefficient (Wildman–Crippen LogP) is 2.78. The second-order valence-corrected chi connectivity index (χ2v) is 2.58. The molecule has 0 bridgehead atoms.